The average Bonchev–Trinajstić information content (AvgIpc) is 2.64. The lowest BCUT2D eigenvalue weighted by molar-refractivity contribution is -0.275. The van der Waals surface area contributed by atoms with E-state index in [0.29, 0.717) is 32.4 Å². The fourth-order valence-electron chi connectivity index (χ4n) is 3.02. The quantitative estimate of drug-likeness (QED) is 0.616. The Balaban J connectivity index is 1.83. The van der Waals surface area contributed by atoms with Gasteiger partial charge in [-0.3, -0.25) is 4.79 Å². The van der Waals surface area contributed by atoms with Crippen molar-refractivity contribution in [3.63, 3.8) is 0 Å². The number of nitrogens with zero attached hydrogens (tertiary/aromatic N) is 1. The Morgan fingerprint density at radius 2 is 1.97 bits per heavy atom. The van der Waals surface area contributed by atoms with Crippen molar-refractivity contribution in [3.05, 3.63) is 24.0 Å². The third-order valence-electron chi connectivity index (χ3n) is 4.62. The molecule has 0 aliphatic carbocycles. The Labute approximate surface area is 165 Å². The zero-order valence-corrected chi connectivity index (χ0v) is 15.8. The Morgan fingerprint density at radius 3 is 2.48 bits per heavy atom. The Kier molecular flexibility index (Phi) is 7.66. The number of rotatable bonds is 6. The Morgan fingerprint density at radius 1 is 1.31 bits per heavy atom. The number of piperidine rings is 1. The van der Waals surface area contributed by atoms with E-state index in [9.17, 15) is 32.3 Å². The molecule has 1 unspecified atom stereocenters. The standard InChI is InChI=1S/C18H23F4N3O4/c1-2-11(10-26)16(27)25-7-5-12(6-8-25)23-17(28)24-13-3-4-15(14(19)9-13)29-18(20,21)22/h3-4,9,11-12,26H,2,5-8,10H2,1H3,(H2,23,24,28). The summed E-state index contributed by atoms with van der Waals surface area (Å²) in [5.74, 6) is -2.80. The average molecular weight is 421 g/mol. The van der Waals surface area contributed by atoms with E-state index in [4.69, 9.17) is 0 Å². The maximum atomic E-state index is 13.7. The number of ether oxygens (including phenoxy) is 1. The number of aliphatic hydroxyl groups is 1. The molecule has 162 valence electrons. The molecule has 0 bridgehead atoms. The predicted octanol–water partition coefficient (Wildman–Crippen LogP) is 2.86. The number of halogens is 4. The lowest BCUT2D eigenvalue weighted by Gasteiger charge is -2.34. The molecule has 1 aromatic carbocycles. The van der Waals surface area contributed by atoms with E-state index in [1.807, 2.05) is 6.92 Å². The van der Waals surface area contributed by atoms with Crippen molar-refractivity contribution in [2.75, 3.05) is 25.0 Å². The molecule has 3 amide bonds. The molecule has 1 atom stereocenters. The molecule has 11 heteroatoms. The minimum atomic E-state index is -5.02. The van der Waals surface area contributed by atoms with Crippen LogP contribution in [0.3, 0.4) is 0 Å². The fourth-order valence-corrected chi connectivity index (χ4v) is 3.02. The van der Waals surface area contributed by atoms with Crippen LogP contribution in [0.2, 0.25) is 0 Å². The van der Waals surface area contributed by atoms with Crippen LogP contribution in [0.15, 0.2) is 18.2 Å². The number of aliphatic hydroxyl groups excluding tert-OH is 1. The molecule has 3 N–H and O–H groups in total. The normalized spacial score (nSPS) is 16.3. The third kappa shape index (κ3) is 6.77. The van der Waals surface area contributed by atoms with Crippen LogP contribution in [-0.4, -0.2) is 54.0 Å². The second kappa shape index (κ2) is 9.77. The first-order valence-corrected chi connectivity index (χ1v) is 9.15. The molecule has 0 spiro atoms. The van der Waals surface area contributed by atoms with Gasteiger partial charge in [-0.1, -0.05) is 6.92 Å². The molecule has 2 rings (SSSR count). The molecular formula is C18H23F4N3O4. The SMILES string of the molecule is CCC(CO)C(=O)N1CCC(NC(=O)Nc2ccc(OC(F)(F)F)c(F)c2)CC1. The van der Waals surface area contributed by atoms with Gasteiger partial charge in [0.25, 0.3) is 0 Å². The van der Waals surface area contributed by atoms with Crippen molar-refractivity contribution in [1.29, 1.82) is 0 Å². The summed E-state index contributed by atoms with van der Waals surface area (Å²) < 4.78 is 53.7. The van der Waals surface area contributed by atoms with Crippen molar-refractivity contribution in [1.82, 2.24) is 10.2 Å². The van der Waals surface area contributed by atoms with Gasteiger partial charge < -0.3 is 25.4 Å². The van der Waals surface area contributed by atoms with E-state index in [-0.39, 0.29) is 24.2 Å². The smallest absolute Gasteiger partial charge is 0.403 e. The molecule has 1 aliphatic heterocycles. The van der Waals surface area contributed by atoms with Crippen LogP contribution in [-0.2, 0) is 4.79 Å². The summed E-state index contributed by atoms with van der Waals surface area (Å²) >= 11 is 0. The van der Waals surface area contributed by atoms with Crippen LogP contribution in [0.4, 0.5) is 28.0 Å². The van der Waals surface area contributed by atoms with E-state index in [2.05, 4.69) is 15.4 Å². The maximum absolute atomic E-state index is 13.7. The van der Waals surface area contributed by atoms with E-state index in [1.54, 1.807) is 4.90 Å². The summed E-state index contributed by atoms with van der Waals surface area (Å²) in [6.45, 7) is 2.47. The number of carbonyl (C=O) groups excluding carboxylic acids is 2. The highest BCUT2D eigenvalue weighted by Gasteiger charge is 2.32. The van der Waals surface area contributed by atoms with Gasteiger partial charge in [0, 0.05) is 30.9 Å². The Bertz CT molecular complexity index is 718. The van der Waals surface area contributed by atoms with Gasteiger partial charge in [-0.25, -0.2) is 9.18 Å². The molecule has 0 saturated carbocycles. The number of anilines is 1. The zero-order valence-electron chi connectivity index (χ0n) is 15.8. The van der Waals surface area contributed by atoms with Crippen molar-refractivity contribution >= 4 is 17.6 Å². The van der Waals surface area contributed by atoms with Crippen LogP contribution in [0.1, 0.15) is 26.2 Å². The van der Waals surface area contributed by atoms with Gasteiger partial charge in [-0.05, 0) is 31.4 Å². The lowest BCUT2D eigenvalue weighted by atomic mass is 10.0. The minimum absolute atomic E-state index is 0.0316. The summed E-state index contributed by atoms with van der Waals surface area (Å²) in [7, 11) is 0. The van der Waals surface area contributed by atoms with Gasteiger partial charge >= 0.3 is 12.4 Å². The molecule has 1 aliphatic rings. The van der Waals surface area contributed by atoms with E-state index >= 15 is 0 Å². The van der Waals surface area contributed by atoms with Gasteiger partial charge in [-0.2, -0.15) is 0 Å². The van der Waals surface area contributed by atoms with Crippen LogP contribution in [0.25, 0.3) is 0 Å². The first-order valence-electron chi connectivity index (χ1n) is 9.15. The van der Waals surface area contributed by atoms with Crippen molar-refractivity contribution in [2.45, 2.75) is 38.6 Å². The molecule has 1 fully saturated rings. The zero-order chi connectivity index (χ0) is 21.6. The molecule has 1 heterocycles. The first-order chi connectivity index (χ1) is 13.6. The number of nitrogens with one attached hydrogen (secondary N) is 2. The summed E-state index contributed by atoms with van der Waals surface area (Å²) in [4.78, 5) is 25.9. The number of amides is 3. The van der Waals surface area contributed by atoms with E-state index < -0.39 is 29.9 Å². The molecule has 7 nitrogen and oxygen atoms in total. The van der Waals surface area contributed by atoms with Gasteiger partial charge in [0.05, 0.1) is 12.5 Å². The van der Waals surface area contributed by atoms with Crippen molar-refractivity contribution in [3.8, 4) is 5.75 Å². The van der Waals surface area contributed by atoms with Crippen molar-refractivity contribution in [2.24, 2.45) is 5.92 Å². The van der Waals surface area contributed by atoms with Crippen LogP contribution in [0, 0.1) is 11.7 Å². The number of benzene rings is 1. The Hall–Kier alpha value is -2.56. The molecule has 0 radical (unpaired) electrons. The highest BCUT2D eigenvalue weighted by atomic mass is 19.4. The highest BCUT2D eigenvalue weighted by Crippen LogP contribution is 2.27. The van der Waals surface area contributed by atoms with Gasteiger partial charge in [0.2, 0.25) is 5.91 Å². The molecule has 0 aromatic heterocycles. The number of alkyl halides is 3. The third-order valence-corrected chi connectivity index (χ3v) is 4.62. The van der Waals surface area contributed by atoms with E-state index in [0.717, 1.165) is 18.2 Å². The number of hydrogen-bond donors (Lipinski definition) is 3. The largest absolute Gasteiger partial charge is 0.573 e. The minimum Gasteiger partial charge on any atom is -0.403 e. The monoisotopic (exact) mass is 421 g/mol. The topological polar surface area (TPSA) is 90.9 Å². The maximum Gasteiger partial charge on any atom is 0.573 e. The fraction of sp³-hybridized carbons (Fsp3) is 0.556. The summed E-state index contributed by atoms with van der Waals surface area (Å²) in [6.07, 6.45) is -3.46. The van der Waals surface area contributed by atoms with Gasteiger partial charge in [0.1, 0.15) is 0 Å². The van der Waals surface area contributed by atoms with Gasteiger partial charge in [-0.15, -0.1) is 13.2 Å². The number of hydrogen-bond acceptors (Lipinski definition) is 4. The summed E-state index contributed by atoms with van der Waals surface area (Å²) in [5.41, 5.74) is -0.0316. The molecule has 29 heavy (non-hydrogen) atoms. The van der Waals surface area contributed by atoms with Crippen LogP contribution >= 0.6 is 0 Å². The molecule has 1 saturated heterocycles. The second-order valence-electron chi connectivity index (χ2n) is 6.68. The number of urea groups is 1. The molecule has 1 aromatic rings. The van der Waals surface area contributed by atoms with E-state index in [1.165, 1.54) is 0 Å². The van der Waals surface area contributed by atoms with Crippen LogP contribution < -0.4 is 15.4 Å². The number of carbonyl (C=O) groups is 2. The second-order valence-corrected chi connectivity index (χ2v) is 6.68. The highest BCUT2D eigenvalue weighted by molar-refractivity contribution is 5.89. The summed E-state index contributed by atoms with van der Waals surface area (Å²) in [6, 6.07) is 1.73. The first kappa shape index (κ1) is 22.7. The lowest BCUT2D eigenvalue weighted by Crippen LogP contribution is -2.49. The van der Waals surface area contributed by atoms with Crippen molar-refractivity contribution < 1.29 is 37.0 Å². The number of likely N-dealkylation sites (tertiary alicyclic amines) is 1. The summed E-state index contributed by atoms with van der Waals surface area (Å²) in [5, 5.41) is 14.3. The molecular weight excluding hydrogens is 398 g/mol. The van der Waals surface area contributed by atoms with Gasteiger partial charge in [0.15, 0.2) is 11.6 Å². The predicted molar refractivity (Wildman–Crippen MR) is 95.7 cm³/mol. The van der Waals surface area contributed by atoms with Crippen LogP contribution in [0.5, 0.6) is 5.75 Å².